The second-order valence-electron chi connectivity index (χ2n) is 9.96. The van der Waals surface area contributed by atoms with Crippen LogP contribution in [0.5, 0.6) is 0 Å². The van der Waals surface area contributed by atoms with Crippen LogP contribution in [0.15, 0.2) is 24.3 Å². The predicted octanol–water partition coefficient (Wildman–Crippen LogP) is 3.86. The molecule has 0 unspecified atom stereocenters. The molecule has 2 atom stereocenters. The van der Waals surface area contributed by atoms with Crippen LogP contribution < -0.4 is 10.6 Å². The zero-order valence-corrected chi connectivity index (χ0v) is 19.4. The molecule has 33 heavy (non-hydrogen) atoms. The summed E-state index contributed by atoms with van der Waals surface area (Å²) in [5, 5.41) is 8.75. The second-order valence-corrected chi connectivity index (χ2v) is 9.96. The zero-order valence-electron chi connectivity index (χ0n) is 19.4. The van der Waals surface area contributed by atoms with E-state index in [1.54, 1.807) is 4.90 Å². The molecule has 170 valence electrons. The van der Waals surface area contributed by atoms with Gasteiger partial charge in [0.2, 0.25) is 0 Å². The number of aryl methyl sites for hydroxylation is 1. The van der Waals surface area contributed by atoms with E-state index in [2.05, 4.69) is 35.5 Å². The molecule has 3 aromatic heterocycles. The van der Waals surface area contributed by atoms with E-state index in [-0.39, 0.29) is 17.4 Å². The highest BCUT2D eigenvalue weighted by Crippen LogP contribution is 2.48. The highest BCUT2D eigenvalue weighted by molar-refractivity contribution is 6.10. The van der Waals surface area contributed by atoms with Gasteiger partial charge < -0.3 is 10.3 Å². The molecule has 0 saturated heterocycles. The molecule has 0 bridgehead atoms. The Bertz CT molecular complexity index is 1280. The lowest BCUT2D eigenvalue weighted by atomic mass is 9.96. The van der Waals surface area contributed by atoms with Gasteiger partial charge in [-0.25, -0.2) is 4.98 Å². The van der Waals surface area contributed by atoms with Crippen molar-refractivity contribution in [2.75, 3.05) is 4.90 Å². The summed E-state index contributed by atoms with van der Waals surface area (Å²) < 4.78 is 2.16. The third kappa shape index (κ3) is 3.11. The van der Waals surface area contributed by atoms with Gasteiger partial charge >= 0.3 is 0 Å². The number of pyridine rings is 2. The molecule has 3 aromatic rings. The minimum Gasteiger partial charge on any atom is -0.323 e. The summed E-state index contributed by atoms with van der Waals surface area (Å²) in [5.41, 5.74) is 10.8. The summed E-state index contributed by atoms with van der Waals surface area (Å²) in [6.07, 6.45) is 4.97. The van der Waals surface area contributed by atoms with Crippen LogP contribution in [0.4, 0.5) is 5.82 Å². The normalized spacial score (nSPS) is 21.3. The van der Waals surface area contributed by atoms with E-state index < -0.39 is 0 Å². The predicted molar refractivity (Wildman–Crippen MR) is 125 cm³/mol. The van der Waals surface area contributed by atoms with Crippen LogP contribution >= 0.6 is 0 Å². The van der Waals surface area contributed by atoms with Crippen molar-refractivity contribution in [3.8, 4) is 11.5 Å². The Morgan fingerprint density at radius 3 is 2.82 bits per heavy atom. The number of carbonyl (C=O) groups excluding carboxylic acids is 1. The molecule has 0 radical (unpaired) electrons. The number of hydrogen-bond donors (Lipinski definition) is 1. The van der Waals surface area contributed by atoms with Crippen LogP contribution in [0.1, 0.15) is 91.7 Å². The molecule has 1 fully saturated rings. The molecule has 5 heterocycles. The number of carbonyl (C=O) groups is 1. The highest BCUT2D eigenvalue weighted by atomic mass is 16.2. The Balaban J connectivity index is 1.39. The minimum absolute atomic E-state index is 0.0352. The molecular weight excluding hydrogens is 414 g/mol. The first kappa shape index (κ1) is 20.5. The molecular formula is C25H29N7O. The fourth-order valence-electron chi connectivity index (χ4n) is 5.06. The third-order valence-corrected chi connectivity index (χ3v) is 7.59. The summed E-state index contributed by atoms with van der Waals surface area (Å²) in [7, 11) is 0. The van der Waals surface area contributed by atoms with E-state index in [1.165, 1.54) is 0 Å². The molecule has 3 aliphatic rings. The van der Waals surface area contributed by atoms with E-state index in [0.29, 0.717) is 18.4 Å². The number of anilines is 1. The number of nitrogens with two attached hydrogens (primary N) is 1. The number of amides is 1. The maximum absolute atomic E-state index is 13.6. The van der Waals surface area contributed by atoms with Gasteiger partial charge in [-0.05, 0) is 50.8 Å². The third-order valence-electron chi connectivity index (χ3n) is 7.59. The van der Waals surface area contributed by atoms with Gasteiger partial charge in [0.05, 0.1) is 12.2 Å². The summed E-state index contributed by atoms with van der Waals surface area (Å²) >= 11 is 0. The van der Waals surface area contributed by atoms with Gasteiger partial charge in [-0.1, -0.05) is 19.9 Å². The fourth-order valence-corrected chi connectivity index (χ4v) is 5.06. The Labute approximate surface area is 193 Å². The standard InChI is InChI=1S/C25H29N7O/c1-4-17(26)22-16-13-31(24(33)15(16)12-19(28-22)25(3)10-11-25)20-7-5-6-18(27-20)23-30-29-21-9-8-14(2)32(21)23/h5-7,12,14,17H,4,8-11,13,26H2,1-3H3/t14-,17+/m0/s1. The lowest BCUT2D eigenvalue weighted by Gasteiger charge is -2.17. The molecule has 6 rings (SSSR count). The topological polar surface area (TPSA) is 103 Å². The highest BCUT2D eigenvalue weighted by Gasteiger charge is 2.43. The lowest BCUT2D eigenvalue weighted by molar-refractivity contribution is 0.0996. The Morgan fingerprint density at radius 1 is 1.24 bits per heavy atom. The van der Waals surface area contributed by atoms with Crippen molar-refractivity contribution in [1.82, 2.24) is 24.7 Å². The van der Waals surface area contributed by atoms with Crippen molar-refractivity contribution in [2.24, 2.45) is 5.73 Å². The van der Waals surface area contributed by atoms with E-state index in [4.69, 9.17) is 15.7 Å². The molecule has 2 aliphatic heterocycles. The van der Waals surface area contributed by atoms with Gasteiger partial charge in [-0.2, -0.15) is 0 Å². The molecule has 1 amide bonds. The minimum atomic E-state index is -0.187. The van der Waals surface area contributed by atoms with E-state index in [1.807, 2.05) is 24.3 Å². The zero-order chi connectivity index (χ0) is 22.9. The molecule has 0 spiro atoms. The summed E-state index contributed by atoms with van der Waals surface area (Å²) in [5.74, 6) is 2.35. The second kappa shape index (κ2) is 7.18. The summed E-state index contributed by atoms with van der Waals surface area (Å²) in [6.45, 7) is 6.88. The molecule has 1 aliphatic carbocycles. The fraction of sp³-hybridized carbons (Fsp3) is 0.480. The maximum Gasteiger partial charge on any atom is 0.260 e. The Morgan fingerprint density at radius 2 is 2.06 bits per heavy atom. The number of fused-ring (bicyclic) bond motifs is 2. The lowest BCUT2D eigenvalue weighted by Crippen LogP contribution is -2.24. The number of nitrogens with zero attached hydrogens (tertiary/aromatic N) is 6. The van der Waals surface area contributed by atoms with Crippen molar-refractivity contribution in [2.45, 2.75) is 76.9 Å². The smallest absolute Gasteiger partial charge is 0.260 e. The van der Waals surface area contributed by atoms with Crippen LogP contribution in [0, 0.1) is 0 Å². The van der Waals surface area contributed by atoms with Crippen LogP contribution in [0.3, 0.4) is 0 Å². The number of rotatable bonds is 5. The molecule has 8 heteroatoms. The molecule has 2 N–H and O–H groups in total. The van der Waals surface area contributed by atoms with Crippen LogP contribution in [0.2, 0.25) is 0 Å². The van der Waals surface area contributed by atoms with E-state index >= 15 is 0 Å². The van der Waals surface area contributed by atoms with Gasteiger partial charge in [-0.3, -0.25) is 14.7 Å². The Hall–Kier alpha value is -3.13. The van der Waals surface area contributed by atoms with Crippen molar-refractivity contribution in [3.05, 3.63) is 52.6 Å². The Kier molecular flexibility index (Phi) is 4.46. The summed E-state index contributed by atoms with van der Waals surface area (Å²) in [4.78, 5) is 25.1. The molecule has 1 saturated carbocycles. The van der Waals surface area contributed by atoms with Crippen LogP contribution in [0.25, 0.3) is 11.5 Å². The molecule has 8 nitrogen and oxygen atoms in total. The van der Waals surface area contributed by atoms with Gasteiger partial charge in [-0.15, -0.1) is 10.2 Å². The quantitative estimate of drug-likeness (QED) is 0.642. The van der Waals surface area contributed by atoms with Gasteiger partial charge in [0, 0.05) is 40.7 Å². The van der Waals surface area contributed by atoms with Gasteiger partial charge in [0.15, 0.2) is 5.82 Å². The van der Waals surface area contributed by atoms with Crippen LogP contribution in [-0.4, -0.2) is 30.6 Å². The largest absolute Gasteiger partial charge is 0.323 e. The van der Waals surface area contributed by atoms with Gasteiger partial charge in [0.25, 0.3) is 5.91 Å². The number of hydrogen-bond acceptors (Lipinski definition) is 6. The van der Waals surface area contributed by atoms with Crippen LogP contribution in [-0.2, 0) is 18.4 Å². The van der Waals surface area contributed by atoms with Crippen molar-refractivity contribution in [3.63, 3.8) is 0 Å². The first-order valence-electron chi connectivity index (χ1n) is 11.9. The number of aromatic nitrogens is 5. The van der Waals surface area contributed by atoms with Crippen molar-refractivity contribution >= 4 is 11.7 Å². The average Bonchev–Trinajstić information content (AvgIpc) is 3.15. The average molecular weight is 444 g/mol. The van der Waals surface area contributed by atoms with Crippen molar-refractivity contribution < 1.29 is 4.79 Å². The van der Waals surface area contributed by atoms with Gasteiger partial charge in [0.1, 0.15) is 17.3 Å². The SMILES string of the molecule is CC[C@@H](N)c1nc(C2(C)CC2)cc2c1CN(c1cccc(-c3nnc4n3[C@@H](C)CC4)n1)C2=O. The van der Waals surface area contributed by atoms with E-state index in [0.717, 1.165) is 72.0 Å². The monoisotopic (exact) mass is 443 g/mol. The first-order chi connectivity index (χ1) is 15.9. The van der Waals surface area contributed by atoms with E-state index in [9.17, 15) is 4.79 Å². The first-order valence-corrected chi connectivity index (χ1v) is 11.9. The van der Waals surface area contributed by atoms with Crippen molar-refractivity contribution in [1.29, 1.82) is 0 Å². The molecule has 0 aromatic carbocycles. The maximum atomic E-state index is 13.6. The summed E-state index contributed by atoms with van der Waals surface area (Å²) in [6, 6.07) is 7.91.